The Morgan fingerprint density at radius 3 is 2.90 bits per heavy atom. The van der Waals surface area contributed by atoms with E-state index in [9.17, 15) is 4.79 Å². The highest BCUT2D eigenvalue weighted by Gasteiger charge is 2.13. The molecule has 1 N–H and O–H groups in total. The summed E-state index contributed by atoms with van der Waals surface area (Å²) < 4.78 is 10.8. The first-order chi connectivity index (χ1) is 10.2. The van der Waals surface area contributed by atoms with E-state index in [-0.39, 0.29) is 5.91 Å². The number of nitriles is 1. The van der Waals surface area contributed by atoms with E-state index >= 15 is 0 Å². The zero-order valence-corrected chi connectivity index (χ0v) is 12.6. The van der Waals surface area contributed by atoms with Gasteiger partial charge >= 0.3 is 0 Å². The second kappa shape index (κ2) is 9.92. The second-order valence-corrected chi connectivity index (χ2v) is 4.66. The van der Waals surface area contributed by atoms with Crippen LogP contribution in [-0.2, 0) is 14.3 Å². The Labute approximate surface area is 125 Å². The molecule has 0 aliphatic carbocycles. The summed E-state index contributed by atoms with van der Waals surface area (Å²) in [6.45, 7) is 5.39. The van der Waals surface area contributed by atoms with Gasteiger partial charge < -0.3 is 14.8 Å². The molecule has 0 heterocycles. The van der Waals surface area contributed by atoms with Crippen molar-refractivity contribution in [2.45, 2.75) is 32.8 Å². The van der Waals surface area contributed by atoms with Crippen molar-refractivity contribution in [3.8, 4) is 6.07 Å². The van der Waals surface area contributed by atoms with Gasteiger partial charge in [-0.1, -0.05) is 19.4 Å². The summed E-state index contributed by atoms with van der Waals surface area (Å²) in [7, 11) is 0. The highest BCUT2D eigenvalue weighted by Crippen LogP contribution is 2.10. The highest BCUT2D eigenvalue weighted by atomic mass is 16.5. The number of hydrogen-bond donors (Lipinski definition) is 1. The van der Waals surface area contributed by atoms with Gasteiger partial charge in [0.2, 0.25) is 0 Å². The molecule has 0 aromatic heterocycles. The number of carbonyl (C=O) groups excluding carboxylic acids is 1. The van der Waals surface area contributed by atoms with E-state index < -0.39 is 6.10 Å². The van der Waals surface area contributed by atoms with Crippen LogP contribution in [0.25, 0.3) is 0 Å². The Hall–Kier alpha value is -1.90. The quantitative estimate of drug-likeness (QED) is 0.710. The molecule has 0 aliphatic heterocycles. The maximum Gasteiger partial charge on any atom is 0.253 e. The molecule has 0 aliphatic rings. The summed E-state index contributed by atoms with van der Waals surface area (Å²) in [5.41, 5.74) is 1.10. The van der Waals surface area contributed by atoms with Crippen LogP contribution in [0.5, 0.6) is 0 Å². The minimum absolute atomic E-state index is 0.237. The molecule has 5 heteroatoms. The number of benzene rings is 1. The molecular formula is C16H22N2O3. The summed E-state index contributed by atoms with van der Waals surface area (Å²) in [5.74, 6) is -0.237. The Balaban J connectivity index is 2.29. The molecule has 0 bridgehead atoms. The van der Waals surface area contributed by atoms with Gasteiger partial charge in [-0.05, 0) is 31.5 Å². The van der Waals surface area contributed by atoms with E-state index in [2.05, 4.69) is 12.2 Å². The molecule has 0 spiro atoms. The first kappa shape index (κ1) is 17.2. The number of nitrogens with one attached hydrogen (secondary N) is 1. The highest BCUT2D eigenvalue weighted by molar-refractivity contribution is 5.94. The van der Waals surface area contributed by atoms with Crippen LogP contribution in [0.4, 0.5) is 5.69 Å². The summed E-state index contributed by atoms with van der Waals surface area (Å²) in [6.07, 6.45) is 1.57. The Morgan fingerprint density at radius 1 is 1.38 bits per heavy atom. The molecule has 1 aromatic rings. The number of amides is 1. The number of carbonyl (C=O) groups is 1. The van der Waals surface area contributed by atoms with Gasteiger partial charge in [0, 0.05) is 12.3 Å². The standard InChI is InChI=1S/C16H22N2O3/c1-3-4-8-20-9-10-21-13(2)16(19)18-15-7-5-6-14(11-15)12-17/h5-7,11,13H,3-4,8-10H2,1-2H3,(H,18,19). The monoisotopic (exact) mass is 290 g/mol. The van der Waals surface area contributed by atoms with Crippen molar-refractivity contribution >= 4 is 11.6 Å². The molecule has 21 heavy (non-hydrogen) atoms. The average Bonchev–Trinajstić information content (AvgIpc) is 2.50. The van der Waals surface area contributed by atoms with Crippen molar-refractivity contribution in [3.05, 3.63) is 29.8 Å². The smallest absolute Gasteiger partial charge is 0.253 e. The van der Waals surface area contributed by atoms with Crippen molar-refractivity contribution in [3.63, 3.8) is 0 Å². The number of rotatable bonds is 9. The average molecular weight is 290 g/mol. The third-order valence-electron chi connectivity index (χ3n) is 2.87. The van der Waals surface area contributed by atoms with Crippen molar-refractivity contribution in [1.29, 1.82) is 5.26 Å². The van der Waals surface area contributed by atoms with Gasteiger partial charge in [0.1, 0.15) is 6.10 Å². The van der Waals surface area contributed by atoms with Crippen molar-refractivity contribution < 1.29 is 14.3 Å². The number of hydrogen-bond acceptors (Lipinski definition) is 4. The molecule has 1 atom stereocenters. The molecular weight excluding hydrogens is 268 g/mol. The fourth-order valence-corrected chi connectivity index (χ4v) is 1.62. The van der Waals surface area contributed by atoms with Gasteiger partial charge in [-0.25, -0.2) is 0 Å². The maximum absolute atomic E-state index is 11.9. The topological polar surface area (TPSA) is 71.3 Å². The largest absolute Gasteiger partial charge is 0.379 e. The molecule has 0 saturated heterocycles. The van der Waals surface area contributed by atoms with Gasteiger partial charge in [0.25, 0.3) is 5.91 Å². The van der Waals surface area contributed by atoms with Crippen LogP contribution in [0.3, 0.4) is 0 Å². The van der Waals surface area contributed by atoms with Crippen LogP contribution >= 0.6 is 0 Å². The van der Waals surface area contributed by atoms with E-state index in [4.69, 9.17) is 14.7 Å². The second-order valence-electron chi connectivity index (χ2n) is 4.66. The van der Waals surface area contributed by atoms with E-state index in [0.29, 0.717) is 24.5 Å². The first-order valence-corrected chi connectivity index (χ1v) is 7.17. The number of ether oxygens (including phenoxy) is 2. The van der Waals surface area contributed by atoms with Gasteiger partial charge in [-0.3, -0.25) is 4.79 Å². The molecule has 0 fully saturated rings. The molecule has 0 saturated carbocycles. The molecule has 5 nitrogen and oxygen atoms in total. The third kappa shape index (κ3) is 6.89. The zero-order chi connectivity index (χ0) is 15.5. The molecule has 114 valence electrons. The van der Waals surface area contributed by atoms with Crippen molar-refractivity contribution in [1.82, 2.24) is 0 Å². The van der Waals surface area contributed by atoms with Crippen molar-refractivity contribution in [2.24, 2.45) is 0 Å². The molecule has 1 unspecified atom stereocenters. The van der Waals surface area contributed by atoms with E-state index in [1.165, 1.54) is 0 Å². The SMILES string of the molecule is CCCCOCCOC(C)C(=O)Nc1cccc(C#N)c1. The fraction of sp³-hybridized carbons (Fsp3) is 0.500. The number of unbranched alkanes of at least 4 members (excludes halogenated alkanes) is 1. The lowest BCUT2D eigenvalue weighted by atomic mass is 10.2. The molecule has 1 amide bonds. The van der Waals surface area contributed by atoms with Gasteiger partial charge in [0.15, 0.2) is 0 Å². The van der Waals surface area contributed by atoms with Gasteiger partial charge in [0.05, 0.1) is 24.8 Å². The predicted octanol–water partition coefficient (Wildman–Crippen LogP) is 2.72. The lowest BCUT2D eigenvalue weighted by molar-refractivity contribution is -0.127. The van der Waals surface area contributed by atoms with Crippen LogP contribution in [0.1, 0.15) is 32.3 Å². The molecule has 1 aromatic carbocycles. The van der Waals surface area contributed by atoms with Crippen LogP contribution < -0.4 is 5.32 Å². The normalized spacial score (nSPS) is 11.7. The zero-order valence-electron chi connectivity index (χ0n) is 12.6. The predicted molar refractivity (Wildman–Crippen MR) is 80.9 cm³/mol. The van der Waals surface area contributed by atoms with E-state index in [0.717, 1.165) is 19.4 Å². The Kier molecular flexibility index (Phi) is 8.10. The molecule has 1 rings (SSSR count). The number of nitrogens with zero attached hydrogens (tertiary/aromatic N) is 1. The Morgan fingerprint density at radius 2 is 2.19 bits per heavy atom. The van der Waals surface area contributed by atoms with Crippen molar-refractivity contribution in [2.75, 3.05) is 25.1 Å². The fourth-order valence-electron chi connectivity index (χ4n) is 1.62. The minimum Gasteiger partial charge on any atom is -0.379 e. The lowest BCUT2D eigenvalue weighted by Crippen LogP contribution is -2.28. The summed E-state index contributed by atoms with van der Waals surface area (Å²) >= 11 is 0. The van der Waals surface area contributed by atoms with E-state index in [1.807, 2.05) is 6.07 Å². The van der Waals surface area contributed by atoms with Crippen LogP contribution in [0.2, 0.25) is 0 Å². The van der Waals surface area contributed by atoms with Crippen LogP contribution in [0, 0.1) is 11.3 Å². The Bertz CT molecular complexity index is 483. The van der Waals surface area contributed by atoms with Gasteiger partial charge in [-0.2, -0.15) is 5.26 Å². The van der Waals surface area contributed by atoms with E-state index in [1.54, 1.807) is 31.2 Å². The van der Waals surface area contributed by atoms with Gasteiger partial charge in [-0.15, -0.1) is 0 Å². The maximum atomic E-state index is 11.9. The summed E-state index contributed by atoms with van der Waals surface area (Å²) in [6, 6.07) is 8.80. The van der Waals surface area contributed by atoms with Crippen LogP contribution in [0.15, 0.2) is 24.3 Å². The summed E-state index contributed by atoms with van der Waals surface area (Å²) in [4.78, 5) is 11.9. The first-order valence-electron chi connectivity index (χ1n) is 7.17. The minimum atomic E-state index is -0.564. The third-order valence-corrected chi connectivity index (χ3v) is 2.87. The summed E-state index contributed by atoms with van der Waals surface area (Å²) in [5, 5.41) is 11.5. The molecule has 0 radical (unpaired) electrons. The van der Waals surface area contributed by atoms with Crippen LogP contribution in [-0.4, -0.2) is 31.8 Å². The lowest BCUT2D eigenvalue weighted by Gasteiger charge is -2.13. The number of anilines is 1.